The van der Waals surface area contributed by atoms with E-state index in [1.165, 1.54) is 4.90 Å². The van der Waals surface area contributed by atoms with Gasteiger partial charge in [0.05, 0.1) is 19.1 Å². The second kappa shape index (κ2) is 8.74. The molecule has 0 aliphatic rings. The van der Waals surface area contributed by atoms with Crippen LogP contribution in [0.4, 0.5) is 4.79 Å². The quantitative estimate of drug-likeness (QED) is 0.689. The third-order valence-corrected chi connectivity index (χ3v) is 2.79. The predicted octanol–water partition coefficient (Wildman–Crippen LogP) is 1.31. The number of methoxy groups -OCH3 is 1. The van der Waals surface area contributed by atoms with E-state index in [2.05, 4.69) is 5.32 Å². The third kappa shape index (κ3) is 5.86. The van der Waals surface area contributed by atoms with Crippen molar-refractivity contribution in [3.8, 4) is 0 Å². The second-order valence-corrected chi connectivity index (χ2v) is 4.24. The number of nitrogens with zero attached hydrogens (tertiary/aromatic N) is 1. The number of carbonyl (C=O) groups excluding carboxylic acids is 1. The molecule has 18 heavy (non-hydrogen) atoms. The molecule has 0 bridgehead atoms. The summed E-state index contributed by atoms with van der Waals surface area (Å²) in [6, 6.07) is -0.615. The number of hydrogen-bond acceptors (Lipinski definition) is 3. The molecule has 0 saturated carbocycles. The Morgan fingerprint density at radius 2 is 2.00 bits per heavy atom. The van der Waals surface area contributed by atoms with Gasteiger partial charge in [0, 0.05) is 19.7 Å². The topological polar surface area (TPSA) is 78.9 Å². The summed E-state index contributed by atoms with van der Waals surface area (Å²) in [4.78, 5) is 24.2. The maximum atomic E-state index is 12.0. The van der Waals surface area contributed by atoms with E-state index < -0.39 is 5.97 Å². The van der Waals surface area contributed by atoms with Gasteiger partial charge in [-0.2, -0.15) is 0 Å². The van der Waals surface area contributed by atoms with Crippen molar-refractivity contribution in [1.29, 1.82) is 0 Å². The van der Waals surface area contributed by atoms with E-state index in [1.54, 1.807) is 14.0 Å². The van der Waals surface area contributed by atoms with Gasteiger partial charge in [-0.05, 0) is 20.3 Å². The maximum Gasteiger partial charge on any atom is 0.317 e. The SMILES string of the molecule is CCC(COC)NC(=O)N(CC)C(C)CC(=O)O. The highest BCUT2D eigenvalue weighted by Gasteiger charge is 2.22. The monoisotopic (exact) mass is 260 g/mol. The van der Waals surface area contributed by atoms with E-state index in [4.69, 9.17) is 9.84 Å². The molecule has 2 atom stereocenters. The van der Waals surface area contributed by atoms with Crippen LogP contribution in [0.1, 0.15) is 33.6 Å². The molecule has 2 amide bonds. The average Bonchev–Trinajstić information content (AvgIpc) is 2.28. The summed E-state index contributed by atoms with van der Waals surface area (Å²) in [5.74, 6) is -0.905. The van der Waals surface area contributed by atoms with Crippen LogP contribution in [-0.4, -0.2) is 54.4 Å². The Hall–Kier alpha value is -1.30. The van der Waals surface area contributed by atoms with Crippen LogP contribution in [0, 0.1) is 0 Å². The van der Waals surface area contributed by atoms with Crippen LogP contribution < -0.4 is 5.32 Å². The summed E-state index contributed by atoms with van der Waals surface area (Å²) in [7, 11) is 1.58. The number of amides is 2. The molecule has 0 saturated heterocycles. The molecule has 0 aromatic carbocycles. The van der Waals surface area contributed by atoms with E-state index in [9.17, 15) is 9.59 Å². The van der Waals surface area contributed by atoms with Crippen molar-refractivity contribution in [2.24, 2.45) is 0 Å². The number of nitrogens with one attached hydrogen (secondary N) is 1. The number of aliphatic carboxylic acids is 1. The molecule has 0 aliphatic carbocycles. The highest BCUT2D eigenvalue weighted by atomic mass is 16.5. The largest absolute Gasteiger partial charge is 0.481 e. The molecule has 106 valence electrons. The average molecular weight is 260 g/mol. The molecule has 2 unspecified atom stereocenters. The lowest BCUT2D eigenvalue weighted by molar-refractivity contribution is -0.138. The fourth-order valence-electron chi connectivity index (χ4n) is 1.74. The number of ether oxygens (including phenoxy) is 1. The lowest BCUT2D eigenvalue weighted by Gasteiger charge is -2.29. The van der Waals surface area contributed by atoms with Gasteiger partial charge in [-0.25, -0.2) is 4.79 Å². The van der Waals surface area contributed by atoms with Crippen LogP contribution >= 0.6 is 0 Å². The Bertz CT molecular complexity index is 271. The van der Waals surface area contributed by atoms with E-state index in [0.29, 0.717) is 13.2 Å². The Labute approximate surface area is 108 Å². The highest BCUT2D eigenvalue weighted by Crippen LogP contribution is 2.05. The third-order valence-electron chi connectivity index (χ3n) is 2.79. The van der Waals surface area contributed by atoms with E-state index in [1.807, 2.05) is 13.8 Å². The zero-order valence-electron chi connectivity index (χ0n) is 11.6. The van der Waals surface area contributed by atoms with E-state index in [0.717, 1.165) is 6.42 Å². The van der Waals surface area contributed by atoms with Crippen molar-refractivity contribution in [1.82, 2.24) is 10.2 Å². The van der Waals surface area contributed by atoms with Crippen LogP contribution in [0.3, 0.4) is 0 Å². The van der Waals surface area contributed by atoms with Crippen molar-refractivity contribution in [2.45, 2.75) is 45.7 Å². The molecule has 0 rings (SSSR count). The Morgan fingerprint density at radius 1 is 1.39 bits per heavy atom. The molecule has 0 aromatic rings. The van der Waals surface area contributed by atoms with Gasteiger partial charge in [0.2, 0.25) is 0 Å². The molecule has 6 heteroatoms. The second-order valence-electron chi connectivity index (χ2n) is 4.24. The molecular formula is C12H24N2O4. The van der Waals surface area contributed by atoms with Gasteiger partial charge in [0.25, 0.3) is 0 Å². The standard InChI is InChI=1S/C12H24N2O4/c1-5-10(8-18-4)13-12(17)14(6-2)9(3)7-11(15)16/h9-10H,5-8H2,1-4H3,(H,13,17)(H,15,16). The van der Waals surface area contributed by atoms with E-state index >= 15 is 0 Å². The van der Waals surface area contributed by atoms with Crippen LogP contribution in [0.2, 0.25) is 0 Å². The fraction of sp³-hybridized carbons (Fsp3) is 0.833. The van der Waals surface area contributed by atoms with Gasteiger partial charge >= 0.3 is 12.0 Å². The number of rotatable bonds is 8. The predicted molar refractivity (Wildman–Crippen MR) is 68.6 cm³/mol. The van der Waals surface area contributed by atoms with Crippen molar-refractivity contribution in [3.05, 3.63) is 0 Å². The van der Waals surface area contributed by atoms with Crippen molar-refractivity contribution < 1.29 is 19.4 Å². The first-order valence-corrected chi connectivity index (χ1v) is 6.24. The van der Waals surface area contributed by atoms with Crippen molar-refractivity contribution in [3.63, 3.8) is 0 Å². The molecule has 0 heterocycles. The Kier molecular flexibility index (Phi) is 8.11. The summed E-state index contributed by atoms with van der Waals surface area (Å²) in [5, 5.41) is 11.6. The fourth-order valence-corrected chi connectivity index (χ4v) is 1.74. The number of carbonyl (C=O) groups is 2. The summed E-state index contributed by atoms with van der Waals surface area (Å²) < 4.78 is 5.01. The Morgan fingerprint density at radius 3 is 2.39 bits per heavy atom. The summed E-state index contributed by atoms with van der Waals surface area (Å²) >= 11 is 0. The molecule has 0 fully saturated rings. The van der Waals surface area contributed by atoms with Gasteiger partial charge < -0.3 is 20.1 Å². The van der Waals surface area contributed by atoms with Gasteiger partial charge in [-0.1, -0.05) is 6.92 Å². The minimum Gasteiger partial charge on any atom is -0.481 e. The summed E-state index contributed by atoms with van der Waals surface area (Å²) in [6.45, 7) is 6.45. The molecule has 0 spiro atoms. The van der Waals surface area contributed by atoms with Crippen LogP contribution in [0.25, 0.3) is 0 Å². The molecule has 2 N–H and O–H groups in total. The minimum absolute atomic E-state index is 0.0476. The minimum atomic E-state index is -0.905. The number of hydrogen-bond donors (Lipinski definition) is 2. The van der Waals surface area contributed by atoms with Gasteiger partial charge in [0.15, 0.2) is 0 Å². The zero-order valence-corrected chi connectivity index (χ0v) is 11.6. The van der Waals surface area contributed by atoms with E-state index in [-0.39, 0.29) is 24.5 Å². The molecule has 0 aliphatic heterocycles. The smallest absolute Gasteiger partial charge is 0.317 e. The first-order valence-electron chi connectivity index (χ1n) is 6.24. The van der Waals surface area contributed by atoms with Crippen molar-refractivity contribution >= 4 is 12.0 Å². The van der Waals surface area contributed by atoms with Gasteiger partial charge in [-0.3, -0.25) is 4.79 Å². The Balaban J connectivity index is 4.45. The lowest BCUT2D eigenvalue weighted by Crippen LogP contribution is -2.49. The summed E-state index contributed by atoms with van der Waals surface area (Å²) in [6.07, 6.45) is 0.715. The van der Waals surface area contributed by atoms with Crippen molar-refractivity contribution in [2.75, 3.05) is 20.3 Å². The lowest BCUT2D eigenvalue weighted by atomic mass is 10.2. The van der Waals surface area contributed by atoms with Crippen LogP contribution in [0.15, 0.2) is 0 Å². The maximum absolute atomic E-state index is 12.0. The summed E-state index contributed by atoms with van der Waals surface area (Å²) in [5.41, 5.74) is 0. The molecular weight excluding hydrogens is 236 g/mol. The highest BCUT2D eigenvalue weighted by molar-refractivity contribution is 5.76. The molecule has 6 nitrogen and oxygen atoms in total. The zero-order chi connectivity index (χ0) is 14.1. The molecule has 0 aromatic heterocycles. The number of carboxylic acids is 1. The van der Waals surface area contributed by atoms with Gasteiger partial charge in [0.1, 0.15) is 0 Å². The number of urea groups is 1. The first-order chi connectivity index (χ1) is 8.46. The van der Waals surface area contributed by atoms with Gasteiger partial charge in [-0.15, -0.1) is 0 Å². The number of carboxylic acid groups (broad SMARTS) is 1. The molecule has 0 radical (unpaired) electrons. The normalized spacial score (nSPS) is 13.8. The van der Waals surface area contributed by atoms with Crippen LogP contribution in [0.5, 0.6) is 0 Å². The first kappa shape index (κ1) is 16.7. The van der Waals surface area contributed by atoms with Crippen LogP contribution in [-0.2, 0) is 9.53 Å².